The van der Waals surface area contributed by atoms with Crippen LogP contribution in [0.25, 0.3) is 0 Å². The van der Waals surface area contributed by atoms with Crippen LogP contribution in [0.5, 0.6) is 5.75 Å². The molecular weight excluding hydrogens is 354 g/mol. The first-order valence-corrected chi connectivity index (χ1v) is 7.98. The molecule has 116 valence electrons. The molecule has 0 unspecified atom stereocenters. The molecule has 0 fully saturated rings. The van der Waals surface area contributed by atoms with Crippen LogP contribution >= 0.6 is 15.9 Å². The van der Waals surface area contributed by atoms with Crippen LogP contribution in [-0.2, 0) is 6.54 Å². The van der Waals surface area contributed by atoms with E-state index in [9.17, 15) is 0 Å². The van der Waals surface area contributed by atoms with Gasteiger partial charge in [0.1, 0.15) is 5.75 Å². The second kappa shape index (κ2) is 7.24. The summed E-state index contributed by atoms with van der Waals surface area (Å²) in [4.78, 5) is 10.8. The number of anilines is 2. The Bertz CT molecular complexity index is 745. The predicted octanol–water partition coefficient (Wildman–Crippen LogP) is 4.59. The van der Waals surface area contributed by atoms with Crippen LogP contribution in [0, 0.1) is 0 Å². The Balaban J connectivity index is 1.93. The minimum absolute atomic E-state index is 0.672. The molecule has 5 heteroatoms. The third kappa shape index (κ3) is 3.87. The average Bonchev–Trinajstić information content (AvgIpc) is 2.62. The van der Waals surface area contributed by atoms with Gasteiger partial charge in [-0.3, -0.25) is 0 Å². The van der Waals surface area contributed by atoms with Crippen molar-refractivity contribution in [2.45, 2.75) is 6.54 Å². The largest absolute Gasteiger partial charge is 0.497 e. The number of benzene rings is 2. The van der Waals surface area contributed by atoms with Crippen molar-refractivity contribution in [2.75, 3.05) is 12.0 Å². The molecule has 0 amide bonds. The Morgan fingerprint density at radius 1 is 0.957 bits per heavy atom. The molecule has 1 aromatic heterocycles. The van der Waals surface area contributed by atoms with Crippen LogP contribution in [0.3, 0.4) is 0 Å². The highest BCUT2D eigenvalue weighted by Crippen LogP contribution is 2.26. The lowest BCUT2D eigenvalue weighted by molar-refractivity contribution is 0.414. The van der Waals surface area contributed by atoms with E-state index in [4.69, 9.17) is 4.74 Å². The minimum atomic E-state index is 0.672. The van der Waals surface area contributed by atoms with E-state index < -0.39 is 0 Å². The number of rotatable bonds is 5. The van der Waals surface area contributed by atoms with E-state index in [1.165, 1.54) is 0 Å². The Labute approximate surface area is 143 Å². The van der Waals surface area contributed by atoms with Crippen molar-refractivity contribution in [1.82, 2.24) is 9.97 Å². The fourth-order valence-electron chi connectivity index (χ4n) is 2.24. The number of hydrogen-bond donors (Lipinski definition) is 0. The molecule has 0 aliphatic rings. The number of hydrogen-bond acceptors (Lipinski definition) is 4. The normalized spacial score (nSPS) is 10.3. The van der Waals surface area contributed by atoms with Gasteiger partial charge in [-0.15, -0.1) is 0 Å². The lowest BCUT2D eigenvalue weighted by Gasteiger charge is -2.23. The monoisotopic (exact) mass is 369 g/mol. The van der Waals surface area contributed by atoms with Crippen molar-refractivity contribution in [3.8, 4) is 5.75 Å². The molecule has 0 saturated carbocycles. The van der Waals surface area contributed by atoms with Gasteiger partial charge in [0.2, 0.25) is 5.95 Å². The zero-order valence-electron chi connectivity index (χ0n) is 12.7. The van der Waals surface area contributed by atoms with E-state index in [2.05, 4.69) is 30.8 Å². The molecule has 0 bridgehead atoms. The number of halogens is 1. The summed E-state index contributed by atoms with van der Waals surface area (Å²) in [6, 6.07) is 18.0. The highest BCUT2D eigenvalue weighted by Gasteiger charge is 2.12. The van der Waals surface area contributed by atoms with E-state index in [-0.39, 0.29) is 0 Å². The van der Waals surface area contributed by atoms with Crippen molar-refractivity contribution in [1.29, 1.82) is 0 Å². The van der Waals surface area contributed by atoms with Gasteiger partial charge in [-0.25, -0.2) is 9.97 Å². The first-order valence-electron chi connectivity index (χ1n) is 7.19. The molecule has 23 heavy (non-hydrogen) atoms. The van der Waals surface area contributed by atoms with Crippen molar-refractivity contribution in [3.63, 3.8) is 0 Å². The maximum Gasteiger partial charge on any atom is 0.230 e. The van der Waals surface area contributed by atoms with Gasteiger partial charge in [0.05, 0.1) is 13.7 Å². The topological polar surface area (TPSA) is 38.2 Å². The summed E-state index contributed by atoms with van der Waals surface area (Å²) in [6.45, 7) is 0.676. The van der Waals surface area contributed by atoms with E-state index in [1.54, 1.807) is 19.5 Å². The number of nitrogens with zero attached hydrogens (tertiary/aromatic N) is 3. The van der Waals surface area contributed by atoms with Crippen molar-refractivity contribution in [2.24, 2.45) is 0 Å². The van der Waals surface area contributed by atoms with Crippen LogP contribution in [-0.4, -0.2) is 17.1 Å². The zero-order chi connectivity index (χ0) is 16.1. The minimum Gasteiger partial charge on any atom is -0.497 e. The highest BCUT2D eigenvalue weighted by atomic mass is 79.9. The van der Waals surface area contributed by atoms with Gasteiger partial charge in [0.15, 0.2) is 0 Å². The number of methoxy groups -OCH3 is 1. The van der Waals surface area contributed by atoms with Gasteiger partial charge in [-0.1, -0.05) is 28.1 Å². The molecule has 0 radical (unpaired) electrons. The van der Waals surface area contributed by atoms with E-state index in [0.717, 1.165) is 21.5 Å². The summed E-state index contributed by atoms with van der Waals surface area (Å²) in [5.74, 6) is 1.52. The Morgan fingerprint density at radius 3 is 2.22 bits per heavy atom. The third-order valence-corrected chi connectivity index (χ3v) is 3.96. The molecule has 0 N–H and O–H groups in total. The van der Waals surface area contributed by atoms with Crippen molar-refractivity contribution >= 4 is 27.6 Å². The molecule has 0 saturated heterocycles. The molecule has 3 aromatic rings. The molecule has 0 spiro atoms. The van der Waals surface area contributed by atoms with Gasteiger partial charge < -0.3 is 9.64 Å². The smallest absolute Gasteiger partial charge is 0.230 e. The summed E-state index contributed by atoms with van der Waals surface area (Å²) in [6.07, 6.45) is 3.50. The molecule has 0 aliphatic heterocycles. The number of ether oxygens (including phenoxy) is 1. The maximum absolute atomic E-state index is 5.21. The molecule has 0 atom stereocenters. The van der Waals surface area contributed by atoms with Crippen molar-refractivity contribution in [3.05, 3.63) is 77.0 Å². The third-order valence-electron chi connectivity index (χ3n) is 3.43. The molecule has 0 aliphatic carbocycles. The zero-order valence-corrected chi connectivity index (χ0v) is 14.3. The van der Waals surface area contributed by atoms with Crippen molar-refractivity contribution < 1.29 is 4.74 Å². The Morgan fingerprint density at radius 2 is 1.61 bits per heavy atom. The second-order valence-corrected chi connectivity index (χ2v) is 5.88. The quantitative estimate of drug-likeness (QED) is 0.659. The fourth-order valence-corrected chi connectivity index (χ4v) is 2.51. The Kier molecular flexibility index (Phi) is 4.88. The lowest BCUT2D eigenvalue weighted by Crippen LogP contribution is -2.18. The summed E-state index contributed by atoms with van der Waals surface area (Å²) >= 11 is 3.47. The molecule has 4 nitrogen and oxygen atoms in total. The first kappa shape index (κ1) is 15.5. The fraction of sp³-hybridized carbons (Fsp3) is 0.111. The first-order chi connectivity index (χ1) is 11.3. The molecular formula is C18H16BrN3O. The lowest BCUT2D eigenvalue weighted by atomic mass is 10.2. The number of aromatic nitrogens is 2. The van der Waals surface area contributed by atoms with Gasteiger partial charge in [-0.05, 0) is 48.0 Å². The standard InChI is InChI=1S/C18H16BrN3O/c1-23-17-9-3-14(4-10-17)13-22(18-20-11-2-12-21-18)16-7-5-15(19)6-8-16/h2-12H,13H2,1H3. The van der Waals surface area contributed by atoms with Crippen LogP contribution in [0.15, 0.2) is 71.5 Å². The van der Waals surface area contributed by atoms with E-state index in [1.807, 2.05) is 54.6 Å². The highest BCUT2D eigenvalue weighted by molar-refractivity contribution is 9.10. The Hall–Kier alpha value is -2.40. The van der Waals surface area contributed by atoms with Gasteiger partial charge >= 0.3 is 0 Å². The summed E-state index contributed by atoms with van der Waals surface area (Å²) in [5.41, 5.74) is 2.19. The second-order valence-electron chi connectivity index (χ2n) is 4.96. The van der Waals surface area contributed by atoms with E-state index >= 15 is 0 Å². The van der Waals surface area contributed by atoms with Crippen LogP contribution < -0.4 is 9.64 Å². The molecule has 3 rings (SSSR count). The van der Waals surface area contributed by atoms with Crippen LogP contribution in [0.2, 0.25) is 0 Å². The van der Waals surface area contributed by atoms with Gasteiger partial charge in [0.25, 0.3) is 0 Å². The van der Waals surface area contributed by atoms with Gasteiger partial charge in [-0.2, -0.15) is 0 Å². The predicted molar refractivity (Wildman–Crippen MR) is 95.0 cm³/mol. The van der Waals surface area contributed by atoms with E-state index in [0.29, 0.717) is 12.5 Å². The maximum atomic E-state index is 5.21. The summed E-state index contributed by atoms with van der Waals surface area (Å²) in [7, 11) is 1.67. The summed E-state index contributed by atoms with van der Waals surface area (Å²) < 4.78 is 6.25. The van der Waals surface area contributed by atoms with Crippen LogP contribution in [0.4, 0.5) is 11.6 Å². The molecule has 2 aromatic carbocycles. The van der Waals surface area contributed by atoms with Crippen LogP contribution in [0.1, 0.15) is 5.56 Å². The van der Waals surface area contributed by atoms with Gasteiger partial charge in [0, 0.05) is 22.6 Å². The molecule has 1 heterocycles. The average molecular weight is 370 g/mol. The SMILES string of the molecule is COc1ccc(CN(c2ccc(Br)cc2)c2ncccn2)cc1. The summed E-state index contributed by atoms with van der Waals surface area (Å²) in [5, 5.41) is 0.